The zero-order valence-electron chi connectivity index (χ0n) is 14.0. The molecule has 25 heavy (non-hydrogen) atoms. The zero-order chi connectivity index (χ0) is 18.4. The molecule has 2 heterocycles. The average molecular weight is 347 g/mol. The van der Waals surface area contributed by atoms with E-state index in [1.54, 1.807) is 18.2 Å². The molecule has 8 heteroatoms. The molecule has 2 aliphatic heterocycles. The molecule has 0 aromatic heterocycles. The number of nitrogens with zero attached hydrogens (tertiary/aromatic N) is 1. The van der Waals surface area contributed by atoms with Crippen LogP contribution in [0.2, 0.25) is 0 Å². The van der Waals surface area contributed by atoms with Crippen molar-refractivity contribution in [1.29, 1.82) is 0 Å². The summed E-state index contributed by atoms with van der Waals surface area (Å²) in [5, 5.41) is 10.2. The summed E-state index contributed by atoms with van der Waals surface area (Å²) in [5.41, 5.74) is -1.26. The molecule has 0 bridgehead atoms. The van der Waals surface area contributed by atoms with Crippen molar-refractivity contribution in [3.63, 3.8) is 0 Å². The van der Waals surface area contributed by atoms with Gasteiger partial charge < -0.3 is 19.3 Å². The Hall–Kier alpha value is -3.03. The summed E-state index contributed by atoms with van der Waals surface area (Å²) >= 11 is 0. The summed E-state index contributed by atoms with van der Waals surface area (Å²) in [6.45, 7) is 1.44. The molecule has 1 saturated heterocycles. The van der Waals surface area contributed by atoms with Crippen LogP contribution in [0.1, 0.15) is 25.3 Å². The fourth-order valence-electron chi connectivity index (χ4n) is 2.84. The normalized spacial score (nSPS) is 23.3. The lowest BCUT2D eigenvalue weighted by atomic mass is 9.91. The highest BCUT2D eigenvalue weighted by atomic mass is 16.5. The van der Waals surface area contributed by atoms with Gasteiger partial charge in [-0.3, -0.25) is 14.4 Å². The molecule has 0 spiro atoms. The minimum Gasteiger partial charge on any atom is -0.501 e. The highest BCUT2D eigenvalue weighted by Crippen LogP contribution is 2.42. The van der Waals surface area contributed by atoms with Gasteiger partial charge in [-0.05, 0) is 19.1 Å². The number of ether oxygens (including phenoxy) is 3. The van der Waals surface area contributed by atoms with E-state index in [-0.39, 0.29) is 12.8 Å². The fraction of sp³-hybridized carbons (Fsp3) is 0.353. The van der Waals surface area contributed by atoms with Gasteiger partial charge in [-0.2, -0.15) is 0 Å². The van der Waals surface area contributed by atoms with E-state index in [4.69, 9.17) is 14.2 Å². The van der Waals surface area contributed by atoms with E-state index in [1.165, 1.54) is 21.1 Å². The molecule has 1 atom stereocenters. The highest BCUT2D eigenvalue weighted by molar-refractivity contribution is 6.08. The molecule has 2 aliphatic rings. The van der Waals surface area contributed by atoms with Gasteiger partial charge in [0.25, 0.3) is 11.7 Å². The van der Waals surface area contributed by atoms with Gasteiger partial charge in [0.2, 0.25) is 17.6 Å². The molecule has 1 aromatic rings. The molecular weight excluding hydrogens is 330 g/mol. The maximum absolute atomic E-state index is 12.6. The second kappa shape index (κ2) is 5.80. The predicted molar refractivity (Wildman–Crippen MR) is 83.7 cm³/mol. The van der Waals surface area contributed by atoms with E-state index in [2.05, 4.69) is 0 Å². The second-order valence-electron chi connectivity index (χ2n) is 5.84. The molecule has 0 saturated carbocycles. The quantitative estimate of drug-likeness (QED) is 0.821. The lowest BCUT2D eigenvalue weighted by molar-refractivity contribution is -0.144. The first kappa shape index (κ1) is 16.8. The monoisotopic (exact) mass is 347 g/mol. The number of aliphatic hydroxyl groups is 1. The SMILES string of the molecule is COc1cc(OC)cc(C2(C)OC(N3C(=O)CCC3=O)=C(O)C2=O)c1. The Labute approximate surface area is 143 Å². The van der Waals surface area contributed by atoms with E-state index in [0.717, 1.165) is 4.90 Å². The van der Waals surface area contributed by atoms with Crippen LogP contribution in [0.25, 0.3) is 0 Å². The number of benzene rings is 1. The molecule has 1 fully saturated rings. The number of Topliss-reactive ketones (excluding diaryl/α,β-unsaturated/α-hetero) is 1. The number of aliphatic hydroxyl groups excluding tert-OH is 1. The molecule has 1 N–H and O–H groups in total. The van der Waals surface area contributed by atoms with Crippen LogP contribution >= 0.6 is 0 Å². The van der Waals surface area contributed by atoms with E-state index in [9.17, 15) is 19.5 Å². The third-order valence-corrected chi connectivity index (χ3v) is 4.31. The first-order chi connectivity index (χ1) is 11.8. The van der Waals surface area contributed by atoms with Gasteiger partial charge in [-0.1, -0.05) is 0 Å². The Balaban J connectivity index is 2.04. The number of rotatable bonds is 4. The number of amides is 2. The van der Waals surface area contributed by atoms with Gasteiger partial charge >= 0.3 is 0 Å². The second-order valence-corrected chi connectivity index (χ2v) is 5.84. The molecular formula is C17H17NO7. The van der Waals surface area contributed by atoms with E-state index < -0.39 is 34.8 Å². The highest BCUT2D eigenvalue weighted by Gasteiger charge is 2.52. The molecule has 1 aromatic carbocycles. The number of likely N-dealkylation sites (tertiary alicyclic amines) is 1. The van der Waals surface area contributed by atoms with Gasteiger partial charge in [0, 0.05) is 24.5 Å². The minimum absolute atomic E-state index is 0.0108. The Morgan fingerprint density at radius 2 is 1.56 bits per heavy atom. The summed E-state index contributed by atoms with van der Waals surface area (Å²) in [6, 6.07) is 4.74. The van der Waals surface area contributed by atoms with Crippen LogP contribution in [-0.2, 0) is 24.7 Å². The molecule has 3 rings (SSSR count). The van der Waals surface area contributed by atoms with Crippen molar-refractivity contribution in [3.8, 4) is 11.5 Å². The van der Waals surface area contributed by atoms with Crippen molar-refractivity contribution >= 4 is 17.6 Å². The van der Waals surface area contributed by atoms with Crippen LogP contribution in [0.4, 0.5) is 0 Å². The van der Waals surface area contributed by atoms with Crippen molar-refractivity contribution in [2.24, 2.45) is 0 Å². The number of hydrogen-bond donors (Lipinski definition) is 1. The minimum atomic E-state index is -1.62. The van der Waals surface area contributed by atoms with Gasteiger partial charge in [0.05, 0.1) is 14.2 Å². The van der Waals surface area contributed by atoms with E-state index >= 15 is 0 Å². The molecule has 132 valence electrons. The van der Waals surface area contributed by atoms with Crippen molar-refractivity contribution in [2.45, 2.75) is 25.4 Å². The maximum Gasteiger partial charge on any atom is 0.252 e. The number of ketones is 1. The number of hydrogen-bond acceptors (Lipinski definition) is 7. The topological polar surface area (TPSA) is 102 Å². The number of methoxy groups -OCH3 is 2. The summed E-state index contributed by atoms with van der Waals surface area (Å²) in [5.74, 6) is -2.14. The van der Waals surface area contributed by atoms with Crippen LogP contribution in [0.15, 0.2) is 29.8 Å². The molecule has 8 nitrogen and oxygen atoms in total. The van der Waals surface area contributed by atoms with Crippen molar-refractivity contribution in [2.75, 3.05) is 14.2 Å². The van der Waals surface area contributed by atoms with E-state index in [1.807, 2.05) is 0 Å². The zero-order valence-corrected chi connectivity index (χ0v) is 14.0. The van der Waals surface area contributed by atoms with Gasteiger partial charge in [0.1, 0.15) is 11.5 Å². The third-order valence-electron chi connectivity index (χ3n) is 4.31. The van der Waals surface area contributed by atoms with Crippen LogP contribution in [0.3, 0.4) is 0 Å². The fourth-order valence-corrected chi connectivity index (χ4v) is 2.84. The van der Waals surface area contributed by atoms with Gasteiger partial charge in [-0.15, -0.1) is 0 Å². The first-order valence-corrected chi connectivity index (χ1v) is 7.58. The Morgan fingerprint density at radius 1 is 1.04 bits per heavy atom. The molecule has 2 amide bonds. The molecule has 0 aliphatic carbocycles. The van der Waals surface area contributed by atoms with E-state index in [0.29, 0.717) is 17.1 Å². The smallest absolute Gasteiger partial charge is 0.252 e. The summed E-state index contributed by atoms with van der Waals surface area (Å²) in [4.78, 5) is 37.2. The van der Waals surface area contributed by atoms with Crippen molar-refractivity contribution in [1.82, 2.24) is 4.90 Å². The Kier molecular flexibility index (Phi) is 3.90. The third kappa shape index (κ3) is 2.50. The predicted octanol–water partition coefficient (Wildman–Crippen LogP) is 1.39. The van der Waals surface area contributed by atoms with Crippen molar-refractivity contribution < 1.29 is 33.7 Å². The van der Waals surface area contributed by atoms with Crippen LogP contribution < -0.4 is 9.47 Å². The summed E-state index contributed by atoms with van der Waals surface area (Å²) < 4.78 is 16.0. The van der Waals surface area contributed by atoms with Crippen LogP contribution in [0, 0.1) is 0 Å². The summed E-state index contributed by atoms with van der Waals surface area (Å²) in [7, 11) is 2.92. The van der Waals surface area contributed by atoms with Crippen LogP contribution in [-0.4, -0.2) is 41.8 Å². The molecule has 0 radical (unpaired) electrons. The number of carbonyl (C=O) groups excluding carboxylic acids is 3. The lowest BCUT2D eigenvalue weighted by Crippen LogP contribution is -2.33. The molecule has 1 unspecified atom stereocenters. The average Bonchev–Trinajstić information content (AvgIpc) is 3.06. The Bertz CT molecular complexity index is 775. The van der Waals surface area contributed by atoms with Crippen LogP contribution in [0.5, 0.6) is 11.5 Å². The first-order valence-electron chi connectivity index (χ1n) is 7.58. The lowest BCUT2D eigenvalue weighted by Gasteiger charge is -2.26. The largest absolute Gasteiger partial charge is 0.501 e. The standard InChI is InChI=1S/C17H17NO7/c1-17(9-6-10(23-2)8-11(7-9)24-3)15(22)14(21)16(25-17)18-12(19)4-5-13(18)20/h6-8,21H,4-5H2,1-3H3. The van der Waals surface area contributed by atoms with Gasteiger partial charge in [0.15, 0.2) is 5.60 Å². The summed E-state index contributed by atoms with van der Waals surface area (Å²) in [6.07, 6.45) is 0.0215. The van der Waals surface area contributed by atoms with Crippen molar-refractivity contribution in [3.05, 3.63) is 35.4 Å². The Morgan fingerprint density at radius 3 is 2.04 bits per heavy atom. The number of imide groups is 1. The maximum atomic E-state index is 12.6. The number of carbonyl (C=O) groups is 3. The van der Waals surface area contributed by atoms with Gasteiger partial charge in [-0.25, -0.2) is 4.90 Å².